The van der Waals surface area contributed by atoms with Gasteiger partial charge in [0.25, 0.3) is 0 Å². The van der Waals surface area contributed by atoms with E-state index in [1.165, 1.54) is 0 Å². The zero-order valence-electron chi connectivity index (χ0n) is 12.2. The van der Waals surface area contributed by atoms with E-state index in [1.54, 1.807) is 13.2 Å². The smallest absolute Gasteiger partial charge is 0.160 e. The highest BCUT2D eigenvalue weighted by Gasteiger charge is 2.28. The molecule has 0 fully saturated rings. The Morgan fingerprint density at radius 2 is 2.05 bits per heavy atom. The van der Waals surface area contributed by atoms with Crippen LogP contribution in [0.3, 0.4) is 0 Å². The average molecular weight is 341 g/mol. The summed E-state index contributed by atoms with van der Waals surface area (Å²) in [4.78, 5) is 0. The summed E-state index contributed by atoms with van der Waals surface area (Å²) in [5.41, 5.74) is 0.0540. The maximum Gasteiger partial charge on any atom is 0.160 e. The molecule has 110 valence electrons. The molecular weight excluding hydrogens is 320 g/mol. The van der Waals surface area contributed by atoms with E-state index in [0.717, 1.165) is 17.3 Å². The van der Waals surface area contributed by atoms with Crippen molar-refractivity contribution in [2.45, 2.75) is 32.4 Å². The third-order valence-electron chi connectivity index (χ3n) is 3.27. The molecule has 0 bridgehead atoms. The van der Waals surface area contributed by atoms with Gasteiger partial charge in [0.2, 0.25) is 0 Å². The number of rotatable bonds is 8. The molecule has 0 spiro atoms. The Kier molecular flexibility index (Phi) is 7.00. The molecule has 0 amide bonds. The van der Waals surface area contributed by atoms with E-state index in [2.05, 4.69) is 41.2 Å². The largest absolute Gasteiger partial charge is 0.471 e. The topological polar surface area (TPSA) is 54.3 Å². The highest BCUT2D eigenvalue weighted by molar-refractivity contribution is 9.10. The summed E-state index contributed by atoms with van der Waals surface area (Å²) in [5.74, 6) is 0.593. The Hall–Kier alpha value is -1.09. The zero-order chi connectivity index (χ0) is 15.0. The fraction of sp³-hybridized carbons (Fsp3) is 0.533. The molecule has 0 radical (unpaired) electrons. The summed E-state index contributed by atoms with van der Waals surface area (Å²) in [6.45, 7) is 5.45. The quantitative estimate of drug-likeness (QED) is 0.581. The van der Waals surface area contributed by atoms with E-state index in [-0.39, 0.29) is 0 Å². The fourth-order valence-corrected chi connectivity index (χ4v) is 2.28. The van der Waals surface area contributed by atoms with Crippen molar-refractivity contribution in [1.82, 2.24) is 5.32 Å². The third kappa shape index (κ3) is 4.48. The summed E-state index contributed by atoms with van der Waals surface area (Å²) < 4.78 is 12.1. The van der Waals surface area contributed by atoms with Crippen molar-refractivity contribution in [3.05, 3.63) is 28.2 Å². The second-order valence-electron chi connectivity index (χ2n) is 4.48. The van der Waals surface area contributed by atoms with Crippen LogP contribution in [0, 0.1) is 11.3 Å². The molecule has 0 aliphatic heterocycles. The molecule has 0 aliphatic rings. The van der Waals surface area contributed by atoms with E-state index < -0.39 is 5.72 Å². The number of halogens is 1. The molecule has 0 aromatic heterocycles. The van der Waals surface area contributed by atoms with Crippen molar-refractivity contribution < 1.29 is 9.47 Å². The van der Waals surface area contributed by atoms with Crippen molar-refractivity contribution in [3.8, 4) is 11.8 Å². The molecule has 1 aromatic carbocycles. The van der Waals surface area contributed by atoms with Gasteiger partial charge in [-0.15, -0.1) is 0 Å². The molecule has 0 unspecified atom stereocenters. The number of ether oxygens (including phenoxy) is 2. The Morgan fingerprint density at radius 3 is 2.60 bits per heavy atom. The number of nitrogens with zero attached hydrogens (tertiary/aromatic N) is 1. The first-order chi connectivity index (χ1) is 9.60. The Morgan fingerprint density at radius 1 is 1.35 bits per heavy atom. The second kappa shape index (κ2) is 8.25. The molecule has 20 heavy (non-hydrogen) atoms. The third-order valence-corrected chi connectivity index (χ3v) is 3.76. The Bertz CT molecular complexity index is 467. The number of nitriles is 1. The predicted molar refractivity (Wildman–Crippen MR) is 82.7 cm³/mol. The summed E-state index contributed by atoms with van der Waals surface area (Å²) in [5, 5.41) is 12.6. The summed E-state index contributed by atoms with van der Waals surface area (Å²) in [7, 11) is 1.67. The minimum atomic E-state index is -0.481. The van der Waals surface area contributed by atoms with Gasteiger partial charge in [-0.1, -0.05) is 29.8 Å². The van der Waals surface area contributed by atoms with Crippen molar-refractivity contribution in [2.75, 3.05) is 20.3 Å². The number of hydrogen-bond acceptors (Lipinski definition) is 4. The van der Waals surface area contributed by atoms with Gasteiger partial charge in [-0.2, -0.15) is 5.26 Å². The number of benzene rings is 1. The molecule has 0 atom stereocenters. The summed E-state index contributed by atoms with van der Waals surface area (Å²) in [6.07, 6.45) is 1.59. The van der Waals surface area contributed by atoms with Crippen LogP contribution < -0.4 is 10.1 Å². The van der Waals surface area contributed by atoms with Crippen LogP contribution in [0.2, 0.25) is 0 Å². The van der Waals surface area contributed by atoms with Crippen LogP contribution in [-0.4, -0.2) is 26.0 Å². The van der Waals surface area contributed by atoms with Gasteiger partial charge in [0.15, 0.2) is 5.72 Å². The predicted octanol–water partition coefficient (Wildman–Crippen LogP) is 3.45. The highest BCUT2D eigenvalue weighted by atomic mass is 79.9. The van der Waals surface area contributed by atoms with Crippen LogP contribution in [0.5, 0.6) is 5.75 Å². The molecule has 1 aromatic rings. The van der Waals surface area contributed by atoms with E-state index in [1.807, 2.05) is 12.1 Å². The van der Waals surface area contributed by atoms with Gasteiger partial charge in [-0.05, 0) is 31.0 Å². The van der Waals surface area contributed by atoms with Crippen LogP contribution in [0.1, 0.15) is 32.3 Å². The lowest BCUT2D eigenvalue weighted by Gasteiger charge is -2.34. The van der Waals surface area contributed by atoms with Gasteiger partial charge >= 0.3 is 0 Å². The van der Waals surface area contributed by atoms with Crippen molar-refractivity contribution in [3.63, 3.8) is 0 Å². The SMILES string of the molecule is CCC(CC)(NCCOC)Oc1cc(Br)ccc1C#N. The molecule has 0 aliphatic carbocycles. The summed E-state index contributed by atoms with van der Waals surface area (Å²) >= 11 is 3.41. The average Bonchev–Trinajstić information content (AvgIpc) is 2.46. The lowest BCUT2D eigenvalue weighted by atomic mass is 10.1. The maximum atomic E-state index is 9.18. The number of nitrogens with one attached hydrogen (secondary N) is 1. The van der Waals surface area contributed by atoms with Crippen LogP contribution in [-0.2, 0) is 4.74 Å². The van der Waals surface area contributed by atoms with E-state index in [9.17, 15) is 5.26 Å². The van der Waals surface area contributed by atoms with Crippen molar-refractivity contribution >= 4 is 15.9 Å². The number of methoxy groups -OCH3 is 1. The molecule has 5 heteroatoms. The maximum absolute atomic E-state index is 9.18. The molecule has 0 saturated carbocycles. The van der Waals surface area contributed by atoms with E-state index in [0.29, 0.717) is 24.5 Å². The molecule has 1 rings (SSSR count). The lowest BCUT2D eigenvalue weighted by molar-refractivity contribution is 0.0181. The van der Waals surface area contributed by atoms with Crippen LogP contribution >= 0.6 is 15.9 Å². The van der Waals surface area contributed by atoms with Crippen LogP contribution in [0.25, 0.3) is 0 Å². The first-order valence-corrected chi connectivity index (χ1v) is 7.52. The zero-order valence-corrected chi connectivity index (χ0v) is 13.8. The monoisotopic (exact) mass is 340 g/mol. The van der Waals surface area contributed by atoms with Gasteiger partial charge in [0.05, 0.1) is 12.2 Å². The Balaban J connectivity index is 2.95. The lowest BCUT2D eigenvalue weighted by Crippen LogP contribution is -2.50. The van der Waals surface area contributed by atoms with Crippen LogP contribution in [0.4, 0.5) is 0 Å². The Labute approximate surface area is 129 Å². The van der Waals surface area contributed by atoms with Gasteiger partial charge in [0, 0.05) is 18.1 Å². The minimum absolute atomic E-state index is 0.481. The first-order valence-electron chi connectivity index (χ1n) is 6.73. The number of hydrogen-bond donors (Lipinski definition) is 1. The van der Waals surface area contributed by atoms with Crippen molar-refractivity contribution in [1.29, 1.82) is 5.26 Å². The minimum Gasteiger partial charge on any atom is -0.471 e. The highest BCUT2D eigenvalue weighted by Crippen LogP contribution is 2.28. The molecule has 0 saturated heterocycles. The van der Waals surface area contributed by atoms with E-state index in [4.69, 9.17) is 9.47 Å². The van der Waals surface area contributed by atoms with Gasteiger partial charge in [-0.25, -0.2) is 0 Å². The van der Waals surface area contributed by atoms with Crippen molar-refractivity contribution in [2.24, 2.45) is 0 Å². The molecule has 1 N–H and O–H groups in total. The summed E-state index contributed by atoms with van der Waals surface area (Å²) in [6, 6.07) is 7.58. The van der Waals surface area contributed by atoms with Gasteiger partial charge in [0.1, 0.15) is 11.8 Å². The molecule has 4 nitrogen and oxygen atoms in total. The van der Waals surface area contributed by atoms with Gasteiger partial charge < -0.3 is 9.47 Å². The molecular formula is C15H21BrN2O2. The molecule has 0 heterocycles. The normalized spacial score (nSPS) is 11.2. The van der Waals surface area contributed by atoms with Gasteiger partial charge in [-0.3, -0.25) is 5.32 Å². The first kappa shape index (κ1) is 17.0. The van der Waals surface area contributed by atoms with E-state index >= 15 is 0 Å². The second-order valence-corrected chi connectivity index (χ2v) is 5.39. The van der Waals surface area contributed by atoms with Crippen LogP contribution in [0.15, 0.2) is 22.7 Å². The standard InChI is InChI=1S/C15H21BrN2O2/c1-4-15(5-2,18-8-9-19-3)20-14-10-13(16)7-6-12(14)11-17/h6-7,10,18H,4-5,8-9H2,1-3H3. The fourth-order valence-electron chi connectivity index (χ4n) is 1.94.